The lowest BCUT2D eigenvalue weighted by atomic mass is 9.84. The molecule has 0 bridgehead atoms. The summed E-state index contributed by atoms with van der Waals surface area (Å²) in [6.07, 6.45) is 0. The number of hydrogen-bond acceptors (Lipinski definition) is 2. The van der Waals surface area contributed by atoms with Crippen molar-refractivity contribution in [3.8, 4) is 0 Å². The molecule has 2 aromatic rings. The Morgan fingerprint density at radius 1 is 1.16 bits per heavy atom. The van der Waals surface area contributed by atoms with E-state index in [9.17, 15) is 0 Å². The molecule has 2 rings (SSSR count). The Balaban J connectivity index is 1.91. The highest BCUT2D eigenvalue weighted by molar-refractivity contribution is 9.13. The molecule has 1 aromatic heterocycles. The van der Waals surface area contributed by atoms with Gasteiger partial charge < -0.3 is 5.32 Å². The van der Waals surface area contributed by atoms with Crippen molar-refractivity contribution >= 4 is 43.2 Å². The summed E-state index contributed by atoms with van der Waals surface area (Å²) in [4.78, 5) is 1.34. The predicted octanol–water partition coefficient (Wildman–Crippen LogP) is 5.34. The van der Waals surface area contributed by atoms with Gasteiger partial charge in [-0.3, -0.25) is 0 Å². The molecule has 0 aliphatic heterocycles. The van der Waals surface area contributed by atoms with Gasteiger partial charge in [-0.25, -0.2) is 0 Å². The van der Waals surface area contributed by atoms with Gasteiger partial charge in [0.15, 0.2) is 0 Å². The molecule has 4 heteroatoms. The summed E-state index contributed by atoms with van der Waals surface area (Å²) in [5, 5.41) is 3.55. The summed E-state index contributed by atoms with van der Waals surface area (Å²) in [6.45, 7) is 6.42. The fourth-order valence-corrected chi connectivity index (χ4v) is 4.11. The normalized spacial score (nSPS) is 11.8. The Morgan fingerprint density at radius 3 is 2.42 bits per heavy atom. The average molecular weight is 403 g/mol. The van der Waals surface area contributed by atoms with E-state index >= 15 is 0 Å². The first-order valence-electron chi connectivity index (χ1n) is 6.19. The maximum Gasteiger partial charge on any atom is 0.0843 e. The highest BCUT2D eigenvalue weighted by Crippen LogP contribution is 2.32. The van der Waals surface area contributed by atoms with E-state index in [4.69, 9.17) is 0 Å². The van der Waals surface area contributed by atoms with Gasteiger partial charge in [-0.2, -0.15) is 0 Å². The highest BCUT2D eigenvalue weighted by Gasteiger charge is 2.19. The lowest BCUT2D eigenvalue weighted by molar-refractivity contribution is 0.470. The first-order valence-corrected chi connectivity index (χ1v) is 8.59. The van der Waals surface area contributed by atoms with Crippen LogP contribution in [0.2, 0.25) is 0 Å². The molecule has 1 aromatic carbocycles. The fraction of sp³-hybridized carbons (Fsp3) is 0.333. The van der Waals surface area contributed by atoms with Gasteiger partial charge in [-0.05, 0) is 43.5 Å². The van der Waals surface area contributed by atoms with Crippen LogP contribution in [0.4, 0.5) is 0 Å². The zero-order valence-corrected chi connectivity index (χ0v) is 15.0. The van der Waals surface area contributed by atoms with Gasteiger partial charge in [-0.15, -0.1) is 11.3 Å². The molecular weight excluding hydrogens is 386 g/mol. The molecule has 0 fully saturated rings. The van der Waals surface area contributed by atoms with Gasteiger partial charge >= 0.3 is 0 Å². The number of hydrogen-bond donors (Lipinski definition) is 1. The van der Waals surface area contributed by atoms with E-state index in [-0.39, 0.29) is 5.41 Å². The molecule has 0 amide bonds. The molecule has 102 valence electrons. The molecule has 0 aliphatic carbocycles. The summed E-state index contributed by atoms with van der Waals surface area (Å²) in [6, 6.07) is 12.8. The third-order valence-electron chi connectivity index (χ3n) is 3.12. The Labute approximate surface area is 135 Å². The van der Waals surface area contributed by atoms with E-state index in [1.54, 1.807) is 11.3 Å². The second kappa shape index (κ2) is 6.53. The van der Waals surface area contributed by atoms with Gasteiger partial charge in [0.25, 0.3) is 0 Å². The average Bonchev–Trinajstić information content (AvgIpc) is 2.69. The second-order valence-corrected chi connectivity index (χ2v) is 8.50. The van der Waals surface area contributed by atoms with Crippen LogP contribution in [0.1, 0.15) is 24.3 Å². The molecule has 0 aliphatic rings. The Morgan fingerprint density at radius 2 is 1.84 bits per heavy atom. The van der Waals surface area contributed by atoms with Crippen molar-refractivity contribution in [3.05, 3.63) is 55.1 Å². The number of halogens is 2. The number of rotatable bonds is 5. The quantitative estimate of drug-likeness (QED) is 0.711. The highest BCUT2D eigenvalue weighted by atomic mass is 79.9. The van der Waals surface area contributed by atoms with Crippen LogP contribution in [0, 0.1) is 0 Å². The Kier molecular flexibility index (Phi) is 5.23. The lowest BCUT2D eigenvalue weighted by Crippen LogP contribution is -2.32. The molecule has 0 atom stereocenters. The van der Waals surface area contributed by atoms with Crippen molar-refractivity contribution in [3.63, 3.8) is 0 Å². The molecule has 0 unspecified atom stereocenters. The summed E-state index contributed by atoms with van der Waals surface area (Å²) in [5.74, 6) is 0. The molecule has 1 N–H and O–H groups in total. The third-order valence-corrected chi connectivity index (χ3v) is 6.37. The largest absolute Gasteiger partial charge is 0.311 e. The van der Waals surface area contributed by atoms with Crippen molar-refractivity contribution in [1.82, 2.24) is 5.32 Å². The van der Waals surface area contributed by atoms with Crippen molar-refractivity contribution in [2.45, 2.75) is 25.8 Å². The van der Waals surface area contributed by atoms with Gasteiger partial charge in [0, 0.05) is 27.9 Å². The third kappa shape index (κ3) is 4.15. The van der Waals surface area contributed by atoms with E-state index in [1.165, 1.54) is 10.4 Å². The van der Waals surface area contributed by atoms with Crippen LogP contribution in [0.3, 0.4) is 0 Å². The fourth-order valence-electron chi connectivity index (χ4n) is 1.97. The van der Waals surface area contributed by atoms with E-state index in [0.29, 0.717) is 0 Å². The predicted molar refractivity (Wildman–Crippen MR) is 90.9 cm³/mol. The molecule has 1 heterocycles. The summed E-state index contributed by atoms with van der Waals surface area (Å²) in [7, 11) is 0. The minimum absolute atomic E-state index is 0.146. The van der Waals surface area contributed by atoms with Gasteiger partial charge in [0.05, 0.1) is 3.79 Å². The molecule has 0 radical (unpaired) electrons. The van der Waals surface area contributed by atoms with E-state index < -0.39 is 0 Å². The van der Waals surface area contributed by atoms with Crippen LogP contribution in [0.25, 0.3) is 0 Å². The van der Waals surface area contributed by atoms with Crippen LogP contribution >= 0.6 is 43.2 Å². The van der Waals surface area contributed by atoms with Crippen LogP contribution in [0.15, 0.2) is 44.7 Å². The monoisotopic (exact) mass is 401 g/mol. The molecule has 0 saturated heterocycles. The summed E-state index contributed by atoms with van der Waals surface area (Å²) in [5.41, 5.74) is 1.52. The molecule has 0 saturated carbocycles. The summed E-state index contributed by atoms with van der Waals surface area (Å²) >= 11 is 8.82. The van der Waals surface area contributed by atoms with Crippen molar-refractivity contribution < 1.29 is 0 Å². The minimum Gasteiger partial charge on any atom is -0.311 e. The standard InChI is InChI=1S/C15H17Br2NS/c1-15(2,11-6-4-3-5-7-11)10-18-9-12-8-13(16)14(17)19-12/h3-8,18H,9-10H2,1-2H3. The Bertz CT molecular complexity index is 515. The topological polar surface area (TPSA) is 12.0 Å². The van der Waals surface area contributed by atoms with Crippen LogP contribution in [0.5, 0.6) is 0 Å². The molecular formula is C15H17Br2NS. The maximum absolute atomic E-state index is 3.55. The Hall–Kier alpha value is -0.160. The molecule has 1 nitrogen and oxygen atoms in total. The van der Waals surface area contributed by atoms with Crippen LogP contribution < -0.4 is 5.32 Å². The van der Waals surface area contributed by atoms with Crippen molar-refractivity contribution in [2.24, 2.45) is 0 Å². The van der Waals surface area contributed by atoms with Crippen LogP contribution in [-0.2, 0) is 12.0 Å². The second-order valence-electron chi connectivity index (χ2n) is 5.19. The minimum atomic E-state index is 0.146. The van der Waals surface area contributed by atoms with Crippen molar-refractivity contribution in [2.75, 3.05) is 6.54 Å². The number of nitrogens with one attached hydrogen (secondary N) is 1. The first kappa shape index (κ1) is 15.2. The maximum atomic E-state index is 3.55. The molecule has 0 spiro atoms. The van der Waals surface area contributed by atoms with Gasteiger partial charge in [0.2, 0.25) is 0 Å². The van der Waals surface area contributed by atoms with Gasteiger partial charge in [0.1, 0.15) is 0 Å². The summed E-state index contributed by atoms with van der Waals surface area (Å²) < 4.78 is 2.29. The smallest absolute Gasteiger partial charge is 0.0843 e. The zero-order valence-electron chi connectivity index (χ0n) is 11.0. The number of thiophene rings is 1. The first-order chi connectivity index (χ1) is 8.99. The molecule has 19 heavy (non-hydrogen) atoms. The number of benzene rings is 1. The van der Waals surface area contributed by atoms with E-state index in [0.717, 1.165) is 21.3 Å². The van der Waals surface area contributed by atoms with Gasteiger partial charge in [-0.1, -0.05) is 44.2 Å². The zero-order chi connectivity index (χ0) is 13.9. The SMILES string of the molecule is CC(C)(CNCc1cc(Br)c(Br)s1)c1ccccc1. The lowest BCUT2D eigenvalue weighted by Gasteiger charge is -2.25. The van der Waals surface area contributed by atoms with E-state index in [1.807, 2.05) is 0 Å². The van der Waals surface area contributed by atoms with E-state index in [2.05, 4.69) is 87.4 Å². The van der Waals surface area contributed by atoms with Crippen LogP contribution in [-0.4, -0.2) is 6.54 Å². The van der Waals surface area contributed by atoms with Crippen molar-refractivity contribution in [1.29, 1.82) is 0 Å².